The Balaban J connectivity index is 2.39. The summed E-state index contributed by atoms with van der Waals surface area (Å²) in [6, 6.07) is 7.89. The van der Waals surface area contributed by atoms with Crippen molar-refractivity contribution in [3.63, 3.8) is 0 Å². The zero-order valence-electron chi connectivity index (χ0n) is 9.25. The maximum Gasteiger partial charge on any atom is 0.230 e. The third-order valence-electron chi connectivity index (χ3n) is 1.84. The molecule has 3 heteroatoms. The normalized spacial score (nSPS) is 9.73. The third-order valence-corrected chi connectivity index (χ3v) is 1.84. The number of hydrogen-bond acceptors (Lipinski definition) is 3. The zero-order valence-corrected chi connectivity index (χ0v) is 9.25. The minimum atomic E-state index is 0.209. The van der Waals surface area contributed by atoms with Gasteiger partial charge in [0.15, 0.2) is 0 Å². The Labute approximate surface area is 90.7 Å². The highest BCUT2D eigenvalue weighted by Gasteiger charge is 1.94. The maximum atomic E-state index is 5.35. The molecule has 0 unspecified atom stereocenters. The molecule has 0 heterocycles. The van der Waals surface area contributed by atoms with Crippen molar-refractivity contribution >= 4 is 0 Å². The van der Waals surface area contributed by atoms with Gasteiger partial charge in [-0.15, -0.1) is 0 Å². The Kier molecular flexibility index (Phi) is 4.71. The molecule has 0 saturated carbocycles. The van der Waals surface area contributed by atoms with Gasteiger partial charge in [0.2, 0.25) is 6.79 Å². The Morgan fingerprint density at radius 2 is 2.00 bits per heavy atom. The van der Waals surface area contributed by atoms with E-state index in [0.29, 0.717) is 5.76 Å². The van der Waals surface area contributed by atoms with Crippen molar-refractivity contribution in [3.05, 3.63) is 42.2 Å². The standard InChI is InChI=1S/C12H17NO2/c1-10(2)14-9-15-12-6-4-11(5-7-12)8-13-3/h4-7,13H,1,8-9H2,2-3H3. The lowest BCUT2D eigenvalue weighted by molar-refractivity contribution is 0.0627. The van der Waals surface area contributed by atoms with Crippen LogP contribution in [0, 0.1) is 0 Å². The van der Waals surface area contributed by atoms with Crippen LogP contribution in [0.1, 0.15) is 12.5 Å². The number of nitrogens with one attached hydrogen (secondary N) is 1. The number of rotatable bonds is 6. The Morgan fingerprint density at radius 3 is 2.53 bits per heavy atom. The molecule has 0 radical (unpaired) electrons. The van der Waals surface area contributed by atoms with Gasteiger partial charge in [0.1, 0.15) is 5.75 Å². The summed E-state index contributed by atoms with van der Waals surface area (Å²) in [6.07, 6.45) is 0. The molecule has 3 nitrogen and oxygen atoms in total. The number of ether oxygens (including phenoxy) is 2. The summed E-state index contributed by atoms with van der Waals surface area (Å²) >= 11 is 0. The first kappa shape index (κ1) is 11.6. The van der Waals surface area contributed by atoms with Crippen molar-refractivity contribution in [2.24, 2.45) is 0 Å². The van der Waals surface area contributed by atoms with Gasteiger partial charge < -0.3 is 14.8 Å². The van der Waals surface area contributed by atoms with Crippen LogP contribution in [0.4, 0.5) is 0 Å². The smallest absolute Gasteiger partial charge is 0.230 e. The molecule has 0 spiro atoms. The van der Waals surface area contributed by atoms with E-state index in [1.54, 1.807) is 6.92 Å². The molecule has 1 aromatic carbocycles. The second-order valence-electron chi connectivity index (χ2n) is 3.28. The van der Waals surface area contributed by atoms with E-state index >= 15 is 0 Å². The molecule has 0 aliphatic heterocycles. The summed E-state index contributed by atoms with van der Waals surface area (Å²) in [4.78, 5) is 0. The molecular formula is C12H17NO2. The van der Waals surface area contributed by atoms with Gasteiger partial charge in [0.05, 0.1) is 5.76 Å². The summed E-state index contributed by atoms with van der Waals surface area (Å²) in [7, 11) is 1.92. The first-order chi connectivity index (χ1) is 7.22. The van der Waals surface area contributed by atoms with Gasteiger partial charge in [-0.3, -0.25) is 0 Å². The Morgan fingerprint density at radius 1 is 1.33 bits per heavy atom. The number of allylic oxidation sites excluding steroid dienone is 1. The summed E-state index contributed by atoms with van der Waals surface area (Å²) in [5, 5.41) is 3.08. The molecule has 0 amide bonds. The molecule has 0 bridgehead atoms. The monoisotopic (exact) mass is 207 g/mol. The third kappa shape index (κ3) is 4.51. The summed E-state index contributed by atoms with van der Waals surface area (Å²) in [5.74, 6) is 1.46. The molecule has 0 atom stereocenters. The van der Waals surface area contributed by atoms with Crippen molar-refractivity contribution < 1.29 is 9.47 Å². The number of benzene rings is 1. The van der Waals surface area contributed by atoms with Crippen LogP contribution in [-0.4, -0.2) is 13.8 Å². The van der Waals surface area contributed by atoms with Crippen LogP contribution in [0.2, 0.25) is 0 Å². The molecule has 0 fully saturated rings. The SMILES string of the molecule is C=C(C)OCOc1ccc(CNC)cc1. The molecular weight excluding hydrogens is 190 g/mol. The van der Waals surface area contributed by atoms with Crippen LogP contribution in [0.15, 0.2) is 36.6 Å². The van der Waals surface area contributed by atoms with Gasteiger partial charge in [-0.1, -0.05) is 18.7 Å². The topological polar surface area (TPSA) is 30.5 Å². The molecule has 0 aliphatic carbocycles. The highest BCUT2D eigenvalue weighted by Crippen LogP contribution is 2.12. The second-order valence-corrected chi connectivity index (χ2v) is 3.28. The van der Waals surface area contributed by atoms with Crippen LogP contribution >= 0.6 is 0 Å². The molecule has 1 rings (SSSR count). The summed E-state index contributed by atoms with van der Waals surface area (Å²) in [6.45, 7) is 6.48. The molecule has 1 N–H and O–H groups in total. The predicted octanol–water partition coefficient (Wildman–Crippen LogP) is 2.29. The minimum Gasteiger partial charge on any atom is -0.463 e. The van der Waals surface area contributed by atoms with Crippen LogP contribution in [0.5, 0.6) is 5.75 Å². The zero-order chi connectivity index (χ0) is 11.1. The van der Waals surface area contributed by atoms with Gasteiger partial charge in [0, 0.05) is 6.54 Å². The average Bonchev–Trinajstić information content (AvgIpc) is 2.20. The Hall–Kier alpha value is -1.48. The summed E-state index contributed by atoms with van der Waals surface area (Å²) < 4.78 is 10.4. The largest absolute Gasteiger partial charge is 0.463 e. The fraction of sp³-hybridized carbons (Fsp3) is 0.333. The lowest BCUT2D eigenvalue weighted by atomic mass is 10.2. The van der Waals surface area contributed by atoms with E-state index in [2.05, 4.69) is 11.9 Å². The van der Waals surface area contributed by atoms with Gasteiger partial charge in [-0.05, 0) is 31.7 Å². The lowest BCUT2D eigenvalue weighted by Crippen LogP contribution is -2.05. The van der Waals surface area contributed by atoms with Crippen molar-refractivity contribution in [2.45, 2.75) is 13.5 Å². The average molecular weight is 207 g/mol. The maximum absolute atomic E-state index is 5.35. The van der Waals surface area contributed by atoms with Gasteiger partial charge in [0.25, 0.3) is 0 Å². The number of hydrogen-bond donors (Lipinski definition) is 1. The van der Waals surface area contributed by atoms with Crippen molar-refractivity contribution in [3.8, 4) is 5.75 Å². The Bertz CT molecular complexity index is 306. The first-order valence-electron chi connectivity index (χ1n) is 4.87. The van der Waals surface area contributed by atoms with Crippen LogP contribution in [0.3, 0.4) is 0 Å². The van der Waals surface area contributed by atoms with Crippen molar-refractivity contribution in [2.75, 3.05) is 13.8 Å². The van der Waals surface area contributed by atoms with Gasteiger partial charge in [-0.2, -0.15) is 0 Å². The van der Waals surface area contributed by atoms with E-state index in [1.807, 2.05) is 31.3 Å². The molecule has 15 heavy (non-hydrogen) atoms. The van der Waals surface area contributed by atoms with Crippen molar-refractivity contribution in [1.29, 1.82) is 0 Å². The highest BCUT2D eigenvalue weighted by molar-refractivity contribution is 5.27. The molecule has 1 aromatic rings. The van der Waals surface area contributed by atoms with Gasteiger partial charge >= 0.3 is 0 Å². The summed E-state index contributed by atoms with van der Waals surface area (Å²) in [5.41, 5.74) is 1.23. The second kappa shape index (κ2) is 6.09. The molecule has 82 valence electrons. The molecule has 0 aliphatic rings. The van der Waals surface area contributed by atoms with Crippen LogP contribution < -0.4 is 10.1 Å². The molecule has 0 aromatic heterocycles. The van der Waals surface area contributed by atoms with Crippen LogP contribution in [0.25, 0.3) is 0 Å². The quantitative estimate of drug-likeness (QED) is 0.573. The van der Waals surface area contributed by atoms with E-state index in [4.69, 9.17) is 9.47 Å². The van der Waals surface area contributed by atoms with Gasteiger partial charge in [-0.25, -0.2) is 0 Å². The van der Waals surface area contributed by atoms with E-state index in [1.165, 1.54) is 5.56 Å². The van der Waals surface area contributed by atoms with E-state index in [0.717, 1.165) is 12.3 Å². The van der Waals surface area contributed by atoms with E-state index in [9.17, 15) is 0 Å². The first-order valence-corrected chi connectivity index (χ1v) is 4.87. The van der Waals surface area contributed by atoms with E-state index < -0.39 is 0 Å². The highest BCUT2D eigenvalue weighted by atomic mass is 16.7. The van der Waals surface area contributed by atoms with Crippen LogP contribution in [-0.2, 0) is 11.3 Å². The minimum absolute atomic E-state index is 0.209. The lowest BCUT2D eigenvalue weighted by Gasteiger charge is -2.08. The van der Waals surface area contributed by atoms with E-state index in [-0.39, 0.29) is 6.79 Å². The fourth-order valence-corrected chi connectivity index (χ4v) is 1.11. The van der Waals surface area contributed by atoms with Crippen molar-refractivity contribution in [1.82, 2.24) is 5.32 Å². The fourth-order valence-electron chi connectivity index (χ4n) is 1.11. The predicted molar refractivity (Wildman–Crippen MR) is 60.6 cm³/mol. The molecule has 0 saturated heterocycles.